The number of methoxy groups -OCH3 is 2. The molecule has 0 saturated heterocycles. The lowest BCUT2D eigenvalue weighted by molar-refractivity contribution is 0.0596. The van der Waals surface area contributed by atoms with Gasteiger partial charge in [-0.25, -0.2) is 9.78 Å². The smallest absolute Gasteiger partial charge is 0.344 e. The molecule has 0 radical (unpaired) electrons. The molecule has 3 aromatic rings. The predicted molar refractivity (Wildman–Crippen MR) is 124 cm³/mol. The predicted octanol–water partition coefficient (Wildman–Crippen LogP) is 4.24. The van der Waals surface area contributed by atoms with Crippen LogP contribution in [0.4, 0.5) is 11.8 Å². The van der Waals surface area contributed by atoms with Gasteiger partial charge in [-0.15, -0.1) is 11.8 Å². The number of carbonyl (C=O) groups excluding carboxylic acids is 1. The van der Waals surface area contributed by atoms with Crippen molar-refractivity contribution in [2.75, 3.05) is 38.5 Å². The number of benzene rings is 2. The van der Waals surface area contributed by atoms with E-state index in [0.717, 1.165) is 16.9 Å². The molecule has 3 rings (SSSR count). The molecule has 0 saturated carbocycles. The van der Waals surface area contributed by atoms with E-state index in [1.54, 1.807) is 7.11 Å². The highest BCUT2D eigenvalue weighted by atomic mass is 32.2. The number of nitrogens with one attached hydrogen (secondary N) is 1. The summed E-state index contributed by atoms with van der Waals surface area (Å²) >= 11 is 1.48. The van der Waals surface area contributed by atoms with Gasteiger partial charge in [0.2, 0.25) is 5.95 Å². The van der Waals surface area contributed by atoms with Crippen molar-refractivity contribution in [2.45, 2.75) is 17.3 Å². The van der Waals surface area contributed by atoms with Gasteiger partial charge in [0, 0.05) is 32.0 Å². The summed E-state index contributed by atoms with van der Waals surface area (Å²) in [6, 6.07) is 17.7. The molecule has 1 N–H and O–H groups in total. The zero-order valence-corrected chi connectivity index (χ0v) is 18.9. The van der Waals surface area contributed by atoms with Gasteiger partial charge in [0.15, 0.2) is 0 Å². The quantitative estimate of drug-likeness (QED) is 0.302. The average molecular weight is 439 g/mol. The van der Waals surface area contributed by atoms with Gasteiger partial charge in [-0.1, -0.05) is 48.5 Å². The third-order valence-electron chi connectivity index (χ3n) is 4.51. The first-order valence-electron chi connectivity index (χ1n) is 9.73. The number of nitrogens with zero attached hydrogens (tertiary/aromatic N) is 3. The first-order valence-corrected chi connectivity index (χ1v) is 10.7. The standard InChI is InChI=1S/C23H26N4O3S/c1-27(2)23-25-20(24-14-17-12-8-9-13-18(17)29-3)19(22(28)30-4)21(26-23)31-15-16-10-6-5-7-11-16/h5-13H,14-15H2,1-4H3,(H,24,25,26). The second kappa shape index (κ2) is 10.7. The van der Waals surface area contributed by atoms with Crippen LogP contribution in [0.1, 0.15) is 21.5 Å². The normalized spacial score (nSPS) is 10.5. The molecule has 0 unspecified atom stereocenters. The van der Waals surface area contributed by atoms with Crippen LogP contribution < -0.4 is 15.0 Å². The summed E-state index contributed by atoms with van der Waals surface area (Å²) in [7, 11) is 6.72. The lowest BCUT2D eigenvalue weighted by atomic mass is 10.2. The lowest BCUT2D eigenvalue weighted by Crippen LogP contribution is -2.19. The minimum absolute atomic E-state index is 0.323. The van der Waals surface area contributed by atoms with Crippen molar-refractivity contribution in [3.05, 3.63) is 71.3 Å². The number of esters is 1. The summed E-state index contributed by atoms with van der Waals surface area (Å²) in [4.78, 5) is 23.7. The fourth-order valence-electron chi connectivity index (χ4n) is 2.90. The summed E-state index contributed by atoms with van der Waals surface area (Å²) < 4.78 is 10.5. The number of thioether (sulfide) groups is 1. The van der Waals surface area contributed by atoms with Crippen LogP contribution in [0.3, 0.4) is 0 Å². The molecule has 0 aliphatic rings. The Morgan fingerprint density at radius 1 is 1.03 bits per heavy atom. The average Bonchev–Trinajstić information content (AvgIpc) is 2.81. The van der Waals surface area contributed by atoms with E-state index in [2.05, 4.69) is 15.3 Å². The van der Waals surface area contributed by atoms with Crippen molar-refractivity contribution < 1.29 is 14.3 Å². The Hall–Kier alpha value is -3.26. The Bertz CT molecular complexity index is 1030. The summed E-state index contributed by atoms with van der Waals surface area (Å²) in [5, 5.41) is 3.85. The Balaban J connectivity index is 1.97. The molecule has 8 heteroatoms. The van der Waals surface area contributed by atoms with Crippen molar-refractivity contribution in [1.82, 2.24) is 9.97 Å². The molecule has 0 spiro atoms. The zero-order chi connectivity index (χ0) is 22.2. The number of hydrogen-bond acceptors (Lipinski definition) is 8. The van der Waals surface area contributed by atoms with Crippen molar-refractivity contribution in [2.24, 2.45) is 0 Å². The Morgan fingerprint density at radius 3 is 2.42 bits per heavy atom. The number of anilines is 2. The van der Waals surface area contributed by atoms with Crippen LogP contribution in [0.25, 0.3) is 0 Å². The second-order valence-corrected chi connectivity index (χ2v) is 7.84. The highest BCUT2D eigenvalue weighted by Gasteiger charge is 2.23. The monoisotopic (exact) mass is 438 g/mol. The molecule has 0 fully saturated rings. The van der Waals surface area contributed by atoms with Crippen LogP contribution in [-0.2, 0) is 17.0 Å². The Kier molecular flexibility index (Phi) is 7.72. The maximum absolute atomic E-state index is 12.7. The lowest BCUT2D eigenvalue weighted by Gasteiger charge is -2.18. The summed E-state index contributed by atoms with van der Waals surface area (Å²) in [6.07, 6.45) is 0. The minimum Gasteiger partial charge on any atom is -0.496 e. The maximum Gasteiger partial charge on any atom is 0.344 e. The molecule has 1 heterocycles. The van der Waals surface area contributed by atoms with Crippen LogP contribution in [0.15, 0.2) is 59.6 Å². The van der Waals surface area contributed by atoms with E-state index in [0.29, 0.717) is 34.7 Å². The molecule has 1 aromatic heterocycles. The highest BCUT2D eigenvalue weighted by molar-refractivity contribution is 7.98. The van der Waals surface area contributed by atoms with E-state index in [1.165, 1.54) is 18.9 Å². The van der Waals surface area contributed by atoms with Crippen molar-refractivity contribution in [1.29, 1.82) is 0 Å². The SMILES string of the molecule is COC(=O)c1c(NCc2ccccc2OC)nc(N(C)C)nc1SCc1ccccc1. The molecule has 0 bridgehead atoms. The van der Waals surface area contributed by atoms with Crippen LogP contribution in [0.2, 0.25) is 0 Å². The third kappa shape index (κ3) is 5.67. The zero-order valence-electron chi connectivity index (χ0n) is 18.1. The Labute approximate surface area is 186 Å². The topological polar surface area (TPSA) is 76.6 Å². The van der Waals surface area contributed by atoms with E-state index in [-0.39, 0.29) is 0 Å². The van der Waals surface area contributed by atoms with Crippen LogP contribution in [0, 0.1) is 0 Å². The van der Waals surface area contributed by atoms with Gasteiger partial charge in [0.05, 0.1) is 14.2 Å². The summed E-state index contributed by atoms with van der Waals surface area (Å²) in [6.45, 7) is 0.431. The van der Waals surface area contributed by atoms with Gasteiger partial charge < -0.3 is 19.7 Å². The molecular weight excluding hydrogens is 412 g/mol. The highest BCUT2D eigenvalue weighted by Crippen LogP contribution is 2.31. The number of ether oxygens (including phenoxy) is 2. The molecule has 0 aliphatic carbocycles. The molecule has 31 heavy (non-hydrogen) atoms. The molecule has 2 aromatic carbocycles. The van der Waals surface area contributed by atoms with E-state index >= 15 is 0 Å². The third-order valence-corrected chi connectivity index (χ3v) is 5.56. The van der Waals surface area contributed by atoms with Gasteiger partial charge in [-0.3, -0.25) is 0 Å². The van der Waals surface area contributed by atoms with Crippen molar-refractivity contribution in [3.8, 4) is 5.75 Å². The van der Waals surface area contributed by atoms with Crippen LogP contribution in [-0.4, -0.2) is 44.3 Å². The maximum atomic E-state index is 12.7. The number of aromatic nitrogens is 2. The van der Waals surface area contributed by atoms with Crippen LogP contribution >= 0.6 is 11.8 Å². The minimum atomic E-state index is -0.483. The molecule has 7 nitrogen and oxygen atoms in total. The Morgan fingerprint density at radius 2 is 1.74 bits per heavy atom. The fourth-order valence-corrected chi connectivity index (χ4v) is 3.87. The molecule has 0 atom stereocenters. The number of para-hydroxylation sites is 1. The fraction of sp³-hybridized carbons (Fsp3) is 0.261. The molecule has 0 aliphatic heterocycles. The number of carbonyl (C=O) groups is 1. The van der Waals surface area contributed by atoms with E-state index in [4.69, 9.17) is 9.47 Å². The number of rotatable bonds is 9. The van der Waals surface area contributed by atoms with Crippen molar-refractivity contribution >= 4 is 29.5 Å². The van der Waals surface area contributed by atoms with Gasteiger partial charge in [0.1, 0.15) is 22.2 Å². The van der Waals surface area contributed by atoms with Crippen LogP contribution in [0.5, 0.6) is 5.75 Å². The molecular formula is C23H26N4O3S. The van der Waals surface area contributed by atoms with Gasteiger partial charge in [-0.05, 0) is 11.6 Å². The van der Waals surface area contributed by atoms with E-state index < -0.39 is 5.97 Å². The first-order chi connectivity index (χ1) is 15.0. The summed E-state index contributed by atoms with van der Waals surface area (Å²) in [5.41, 5.74) is 2.41. The largest absolute Gasteiger partial charge is 0.496 e. The van der Waals surface area contributed by atoms with E-state index in [9.17, 15) is 4.79 Å². The second-order valence-electron chi connectivity index (χ2n) is 6.88. The van der Waals surface area contributed by atoms with E-state index in [1.807, 2.05) is 73.6 Å². The molecule has 0 amide bonds. The van der Waals surface area contributed by atoms with Gasteiger partial charge >= 0.3 is 5.97 Å². The van der Waals surface area contributed by atoms with Crippen molar-refractivity contribution in [3.63, 3.8) is 0 Å². The van der Waals surface area contributed by atoms with Gasteiger partial charge in [0.25, 0.3) is 0 Å². The van der Waals surface area contributed by atoms with Gasteiger partial charge in [-0.2, -0.15) is 4.98 Å². The first kappa shape index (κ1) is 22.4. The molecule has 162 valence electrons. The number of hydrogen-bond donors (Lipinski definition) is 1. The summed E-state index contributed by atoms with van der Waals surface area (Å²) in [5.74, 6) is 1.87.